The Hall–Kier alpha value is -1.80. The van der Waals surface area contributed by atoms with Crippen LogP contribution in [0, 0.1) is 6.92 Å². The monoisotopic (exact) mass is 324 g/mol. The summed E-state index contributed by atoms with van der Waals surface area (Å²) in [5, 5.41) is 11.8. The molecule has 0 aliphatic carbocycles. The lowest BCUT2D eigenvalue weighted by molar-refractivity contribution is -0.119. The molecule has 0 aromatic carbocycles. The summed E-state index contributed by atoms with van der Waals surface area (Å²) in [6.07, 6.45) is 1.62. The number of nitrogens with zero attached hydrogens (tertiary/aromatic N) is 3. The zero-order valence-corrected chi connectivity index (χ0v) is 13.9. The summed E-state index contributed by atoms with van der Waals surface area (Å²) in [5.41, 5.74) is 0.903. The molecule has 0 bridgehead atoms. The molecule has 0 spiro atoms. The zero-order chi connectivity index (χ0) is 16.1. The number of aryl methyl sites for hydroxylation is 1. The highest BCUT2D eigenvalue weighted by Crippen LogP contribution is 2.25. The number of hydrogen-bond acceptors (Lipinski definition) is 6. The summed E-state index contributed by atoms with van der Waals surface area (Å²) in [7, 11) is 3.48. The molecule has 0 saturated carbocycles. The van der Waals surface area contributed by atoms with Crippen molar-refractivity contribution >= 4 is 17.7 Å². The molecule has 2 rings (SSSR count). The van der Waals surface area contributed by atoms with Crippen LogP contribution < -0.4 is 5.32 Å². The van der Waals surface area contributed by atoms with E-state index in [1.54, 1.807) is 13.4 Å². The molecular formula is C14H20N4O3S. The highest BCUT2D eigenvalue weighted by molar-refractivity contribution is 7.99. The maximum Gasteiger partial charge on any atom is 0.230 e. The second kappa shape index (κ2) is 7.46. The summed E-state index contributed by atoms with van der Waals surface area (Å²) >= 11 is 1.35. The molecule has 1 unspecified atom stereocenters. The van der Waals surface area contributed by atoms with Gasteiger partial charge in [-0.05, 0) is 19.9 Å². The predicted octanol–water partition coefficient (Wildman–Crippen LogP) is 1.63. The number of methoxy groups -OCH3 is 1. The van der Waals surface area contributed by atoms with E-state index in [0.29, 0.717) is 11.8 Å². The average molecular weight is 324 g/mol. The van der Waals surface area contributed by atoms with Gasteiger partial charge in [0, 0.05) is 20.2 Å². The molecule has 7 nitrogen and oxygen atoms in total. The Kier molecular flexibility index (Phi) is 5.62. The van der Waals surface area contributed by atoms with Gasteiger partial charge in [0.25, 0.3) is 0 Å². The Morgan fingerprint density at radius 1 is 1.55 bits per heavy atom. The lowest BCUT2D eigenvalue weighted by atomic mass is 10.2. The minimum Gasteiger partial charge on any atom is -0.469 e. The van der Waals surface area contributed by atoms with Gasteiger partial charge in [0.1, 0.15) is 5.76 Å². The fraction of sp³-hybridized carbons (Fsp3) is 0.500. The number of carbonyl (C=O) groups is 1. The number of aromatic nitrogens is 3. The molecule has 0 fully saturated rings. The molecule has 2 aromatic rings. The maximum absolute atomic E-state index is 11.8. The van der Waals surface area contributed by atoms with Crippen LogP contribution in [0.4, 0.5) is 0 Å². The molecule has 0 saturated heterocycles. The number of ether oxygens (including phenoxy) is 1. The molecule has 1 N–H and O–H groups in total. The Balaban J connectivity index is 1.96. The molecule has 8 heteroatoms. The van der Waals surface area contributed by atoms with Crippen molar-refractivity contribution < 1.29 is 13.9 Å². The molecule has 0 aliphatic heterocycles. The van der Waals surface area contributed by atoms with Crippen molar-refractivity contribution in [2.75, 3.05) is 19.5 Å². The third kappa shape index (κ3) is 3.89. The van der Waals surface area contributed by atoms with Gasteiger partial charge in [0.2, 0.25) is 5.91 Å². The van der Waals surface area contributed by atoms with E-state index in [-0.39, 0.29) is 17.7 Å². The van der Waals surface area contributed by atoms with Gasteiger partial charge in [-0.1, -0.05) is 11.8 Å². The van der Waals surface area contributed by atoms with E-state index in [1.165, 1.54) is 11.8 Å². The van der Waals surface area contributed by atoms with Crippen molar-refractivity contribution in [2.45, 2.75) is 25.0 Å². The van der Waals surface area contributed by atoms with Gasteiger partial charge >= 0.3 is 0 Å². The molecule has 120 valence electrons. The van der Waals surface area contributed by atoms with Crippen LogP contribution in [0.25, 0.3) is 11.4 Å². The van der Waals surface area contributed by atoms with Crippen LogP contribution in [0.1, 0.15) is 12.7 Å². The van der Waals surface area contributed by atoms with E-state index in [1.807, 2.05) is 31.5 Å². The lowest BCUT2D eigenvalue weighted by Gasteiger charge is -2.12. The van der Waals surface area contributed by atoms with Gasteiger partial charge in [0.05, 0.1) is 24.2 Å². The predicted molar refractivity (Wildman–Crippen MR) is 83.6 cm³/mol. The van der Waals surface area contributed by atoms with Crippen molar-refractivity contribution in [2.24, 2.45) is 7.05 Å². The third-order valence-electron chi connectivity index (χ3n) is 3.09. The van der Waals surface area contributed by atoms with Gasteiger partial charge in [-0.2, -0.15) is 0 Å². The van der Waals surface area contributed by atoms with E-state index in [9.17, 15) is 4.79 Å². The number of furan rings is 1. The highest BCUT2D eigenvalue weighted by atomic mass is 32.2. The van der Waals surface area contributed by atoms with E-state index in [4.69, 9.17) is 9.15 Å². The number of rotatable bonds is 7. The van der Waals surface area contributed by atoms with Crippen molar-refractivity contribution in [1.82, 2.24) is 20.1 Å². The number of thioether (sulfide) groups is 1. The van der Waals surface area contributed by atoms with Crippen molar-refractivity contribution in [3.63, 3.8) is 0 Å². The Bertz CT molecular complexity index is 638. The second-order valence-corrected chi connectivity index (χ2v) is 5.91. The fourth-order valence-corrected chi connectivity index (χ4v) is 2.75. The topological polar surface area (TPSA) is 82.2 Å². The Morgan fingerprint density at radius 3 is 2.95 bits per heavy atom. The van der Waals surface area contributed by atoms with E-state index in [0.717, 1.165) is 17.1 Å². The van der Waals surface area contributed by atoms with Gasteiger partial charge in [-0.15, -0.1) is 10.2 Å². The van der Waals surface area contributed by atoms with Crippen molar-refractivity contribution in [1.29, 1.82) is 0 Å². The van der Waals surface area contributed by atoms with E-state index in [2.05, 4.69) is 15.5 Å². The minimum atomic E-state index is -0.0569. The van der Waals surface area contributed by atoms with Crippen LogP contribution in [0.3, 0.4) is 0 Å². The largest absolute Gasteiger partial charge is 0.469 e. The standard InChI is InChI=1S/C14H20N4O3S/c1-9(7-20-4)15-12(19)8-22-14-17-16-13(18(14)3)11-5-6-21-10(11)2/h5-6,9H,7-8H2,1-4H3,(H,15,19). The van der Waals surface area contributed by atoms with Gasteiger partial charge in [-0.25, -0.2) is 0 Å². The van der Waals surface area contributed by atoms with E-state index < -0.39 is 0 Å². The number of carbonyl (C=O) groups excluding carboxylic acids is 1. The summed E-state index contributed by atoms with van der Waals surface area (Å²) < 4.78 is 12.1. The summed E-state index contributed by atoms with van der Waals surface area (Å²) in [5.74, 6) is 1.74. The molecule has 0 radical (unpaired) electrons. The smallest absolute Gasteiger partial charge is 0.230 e. The molecule has 1 atom stereocenters. The third-order valence-corrected chi connectivity index (χ3v) is 4.11. The second-order valence-electron chi connectivity index (χ2n) is 4.97. The normalized spacial score (nSPS) is 12.4. The average Bonchev–Trinajstić information content (AvgIpc) is 3.03. The first-order valence-corrected chi connectivity index (χ1v) is 7.86. The first kappa shape index (κ1) is 16.6. The van der Waals surface area contributed by atoms with Crippen LogP contribution >= 0.6 is 11.8 Å². The first-order chi connectivity index (χ1) is 10.5. The van der Waals surface area contributed by atoms with Crippen LogP contribution in [0.2, 0.25) is 0 Å². The van der Waals surface area contributed by atoms with Crippen LogP contribution in [-0.4, -0.2) is 46.2 Å². The van der Waals surface area contributed by atoms with E-state index >= 15 is 0 Å². The number of hydrogen-bond donors (Lipinski definition) is 1. The molecule has 2 aromatic heterocycles. The number of amides is 1. The molecule has 22 heavy (non-hydrogen) atoms. The molecular weight excluding hydrogens is 304 g/mol. The lowest BCUT2D eigenvalue weighted by Crippen LogP contribution is -2.36. The minimum absolute atomic E-state index is 0.0123. The molecule has 1 amide bonds. The fourth-order valence-electron chi connectivity index (χ4n) is 2.03. The van der Waals surface area contributed by atoms with Crippen LogP contribution in [0.15, 0.2) is 21.9 Å². The quantitative estimate of drug-likeness (QED) is 0.780. The molecule has 2 heterocycles. The summed E-state index contributed by atoms with van der Waals surface area (Å²) in [4.78, 5) is 11.8. The van der Waals surface area contributed by atoms with Gasteiger partial charge in [0.15, 0.2) is 11.0 Å². The van der Waals surface area contributed by atoms with Gasteiger partial charge < -0.3 is 19.0 Å². The van der Waals surface area contributed by atoms with Crippen molar-refractivity contribution in [3.8, 4) is 11.4 Å². The Morgan fingerprint density at radius 2 is 2.32 bits per heavy atom. The summed E-state index contributed by atoms with van der Waals surface area (Å²) in [6.45, 7) is 4.26. The SMILES string of the molecule is COCC(C)NC(=O)CSc1nnc(-c2ccoc2C)n1C. The van der Waals surface area contributed by atoms with Crippen LogP contribution in [0.5, 0.6) is 0 Å². The van der Waals surface area contributed by atoms with Crippen LogP contribution in [-0.2, 0) is 16.6 Å². The van der Waals surface area contributed by atoms with Crippen molar-refractivity contribution in [3.05, 3.63) is 18.1 Å². The Labute approximate surface area is 133 Å². The zero-order valence-electron chi connectivity index (χ0n) is 13.1. The number of nitrogens with one attached hydrogen (secondary N) is 1. The maximum atomic E-state index is 11.8. The highest BCUT2D eigenvalue weighted by Gasteiger charge is 2.16. The first-order valence-electron chi connectivity index (χ1n) is 6.88. The molecule has 0 aliphatic rings. The van der Waals surface area contributed by atoms with Gasteiger partial charge in [-0.3, -0.25) is 4.79 Å². The summed E-state index contributed by atoms with van der Waals surface area (Å²) in [6, 6.07) is 1.84.